The Kier molecular flexibility index (Phi) is 15.8. The molecule has 12 atom stereocenters. The molecule has 4 aromatic carbocycles. The standard InChI is InChI=1S/C58H64N6O20/c1-21-47(67)29(59)15-37(81-21)83-33-19-57(77,17-27-41(33)55(75)45-43(51(27)71)49(69)25-9-7-11-31(79-5)39(25)53(45)73)23(3)61-63-35(65)13-14-36(66)64-62-24(4)58(78)18-28-42(34(20-58)84-38-16-30(60)48(68)22(2)82-38)56(76)46-44(52(28)72)50(70)26-10-8-12-32(80-6)40(26)54(46)74/h7-12,21-22,29-30,33-34,37-38,47-48,67-68,71-72,75-78H,13-20,59-60H2,1-6H3,(H,63,65)(H,64,66)/b61-23+,62-24+. The van der Waals surface area contributed by atoms with E-state index in [1.165, 1.54) is 64.5 Å². The maximum Gasteiger partial charge on any atom is 0.240 e. The maximum absolute atomic E-state index is 14.2. The topological polar surface area (TPSA) is 420 Å². The fraction of sp³-hybridized carbons (Fsp3) is 0.448. The molecule has 14 N–H and O–H groups in total. The molecule has 2 heterocycles. The van der Waals surface area contributed by atoms with Gasteiger partial charge in [0.1, 0.15) is 45.7 Å². The summed E-state index contributed by atoms with van der Waals surface area (Å²) in [5, 5.41) is 102. The third-order valence-electron chi connectivity index (χ3n) is 16.9. The van der Waals surface area contributed by atoms with Gasteiger partial charge in [0.15, 0.2) is 24.1 Å². The van der Waals surface area contributed by atoms with E-state index in [0.717, 1.165) is 0 Å². The molecule has 4 aromatic rings. The zero-order chi connectivity index (χ0) is 60.8. The molecule has 0 bridgehead atoms. The van der Waals surface area contributed by atoms with Gasteiger partial charge < -0.3 is 80.7 Å². The van der Waals surface area contributed by atoms with E-state index in [1.54, 1.807) is 13.8 Å². The van der Waals surface area contributed by atoms with Crippen LogP contribution in [0.25, 0.3) is 0 Å². The normalized spacial score (nSPS) is 29.1. The van der Waals surface area contributed by atoms with E-state index in [-0.39, 0.29) is 80.3 Å². The number of hydrogen-bond acceptors (Lipinski definition) is 24. The summed E-state index contributed by atoms with van der Waals surface area (Å²) in [6.07, 6.45) is -12.0. The van der Waals surface area contributed by atoms with Crippen LogP contribution in [-0.4, -0.2) is 162 Å². The van der Waals surface area contributed by atoms with Gasteiger partial charge in [-0.05, 0) is 39.8 Å². The minimum absolute atomic E-state index is 0.0453. The van der Waals surface area contributed by atoms with E-state index in [2.05, 4.69) is 21.1 Å². The van der Waals surface area contributed by atoms with Crippen LogP contribution in [0.5, 0.6) is 34.5 Å². The van der Waals surface area contributed by atoms with Crippen molar-refractivity contribution < 1.29 is 98.0 Å². The summed E-state index contributed by atoms with van der Waals surface area (Å²) in [5.41, 5.74) is 9.20. The van der Waals surface area contributed by atoms with Gasteiger partial charge in [-0.2, -0.15) is 10.2 Å². The molecule has 2 aliphatic heterocycles. The minimum Gasteiger partial charge on any atom is -0.507 e. The molecule has 0 radical (unpaired) electrons. The molecule has 26 heteroatoms. The number of nitrogens with zero attached hydrogens (tertiary/aromatic N) is 2. The van der Waals surface area contributed by atoms with Crippen LogP contribution >= 0.6 is 0 Å². The largest absolute Gasteiger partial charge is 0.507 e. The number of amides is 2. The van der Waals surface area contributed by atoms with Crippen molar-refractivity contribution in [3.05, 3.63) is 103 Å². The second-order valence-corrected chi connectivity index (χ2v) is 22.1. The van der Waals surface area contributed by atoms with Gasteiger partial charge in [0.05, 0.1) is 95.6 Å². The molecule has 0 saturated carbocycles. The Labute approximate surface area is 478 Å². The number of aliphatic hydroxyl groups is 4. The number of aromatic hydroxyl groups is 4. The van der Waals surface area contributed by atoms with Crippen LogP contribution in [0.3, 0.4) is 0 Å². The number of benzene rings is 4. The average molecular weight is 1170 g/mol. The van der Waals surface area contributed by atoms with Gasteiger partial charge in [-0.25, -0.2) is 10.9 Å². The third-order valence-corrected chi connectivity index (χ3v) is 16.9. The molecule has 446 valence electrons. The second-order valence-electron chi connectivity index (χ2n) is 22.1. The molecule has 0 spiro atoms. The SMILES string of the molecule is COc1cccc2c1C(=O)c1c(O)c3c(c(O)c1C2=O)CC(O)(/C(C)=N/NC(=O)CCC(=O)N/N=C(\C)C1(O)Cc2c(O)c4c(c(O)c2C(OC2CC(N)C(O)C(C)O2)C1)C(=O)c1c(OC)cccc1C4=O)CC3OC1CC(N)C(O)C(C)O1. The lowest BCUT2D eigenvalue weighted by Crippen LogP contribution is -2.52. The molecular formula is C58H64N6O20. The smallest absolute Gasteiger partial charge is 0.240 e. The number of phenols is 4. The zero-order valence-electron chi connectivity index (χ0n) is 46.4. The monoisotopic (exact) mass is 1160 g/mol. The predicted molar refractivity (Wildman–Crippen MR) is 291 cm³/mol. The van der Waals surface area contributed by atoms with Gasteiger partial charge in [-0.3, -0.25) is 28.8 Å². The molecule has 26 nitrogen and oxygen atoms in total. The number of phenolic OH excluding ortho intramolecular Hbond substituents is 4. The van der Waals surface area contributed by atoms with E-state index in [1.807, 2.05) is 0 Å². The Morgan fingerprint density at radius 1 is 0.595 bits per heavy atom. The number of nitrogens with two attached hydrogens (primary N) is 2. The van der Waals surface area contributed by atoms with Crippen LogP contribution in [0, 0.1) is 0 Å². The Morgan fingerprint density at radius 2 is 0.952 bits per heavy atom. The Morgan fingerprint density at radius 3 is 1.30 bits per heavy atom. The highest BCUT2D eigenvalue weighted by Crippen LogP contribution is 2.55. The third kappa shape index (κ3) is 10.0. The molecule has 2 amide bonds. The minimum atomic E-state index is -2.11. The Balaban J connectivity index is 0.867. The number of rotatable bonds is 13. The number of hydrazone groups is 2. The van der Waals surface area contributed by atoms with Crippen LogP contribution < -0.4 is 31.8 Å². The summed E-state index contributed by atoms with van der Waals surface area (Å²) in [5.74, 6) is -7.73. The van der Waals surface area contributed by atoms with Crippen LogP contribution in [-0.2, 0) is 41.4 Å². The quantitative estimate of drug-likeness (QED) is 0.0444. The molecular weight excluding hydrogens is 1100 g/mol. The summed E-state index contributed by atoms with van der Waals surface area (Å²) in [4.78, 5) is 83.1. The molecule has 2 saturated heterocycles. The zero-order valence-corrected chi connectivity index (χ0v) is 46.4. The van der Waals surface area contributed by atoms with E-state index in [0.29, 0.717) is 0 Å². The lowest BCUT2D eigenvalue weighted by Gasteiger charge is -2.42. The van der Waals surface area contributed by atoms with Gasteiger partial charge in [0.25, 0.3) is 0 Å². The van der Waals surface area contributed by atoms with Crippen LogP contribution in [0.2, 0.25) is 0 Å². The van der Waals surface area contributed by atoms with Gasteiger partial charge in [0.2, 0.25) is 23.4 Å². The van der Waals surface area contributed by atoms with Crippen LogP contribution in [0.4, 0.5) is 0 Å². The molecule has 10 rings (SSSR count). The van der Waals surface area contributed by atoms with Gasteiger partial charge in [0, 0.05) is 96.8 Å². The number of hydrogen-bond donors (Lipinski definition) is 12. The number of aliphatic hydroxyl groups excluding tert-OH is 2. The van der Waals surface area contributed by atoms with E-state index in [4.69, 9.17) is 39.9 Å². The van der Waals surface area contributed by atoms with Crippen molar-refractivity contribution >= 4 is 46.4 Å². The van der Waals surface area contributed by atoms with Crippen molar-refractivity contribution in [1.82, 2.24) is 10.9 Å². The van der Waals surface area contributed by atoms with Crippen molar-refractivity contribution in [3.63, 3.8) is 0 Å². The van der Waals surface area contributed by atoms with E-state index < -0.39 is 191 Å². The van der Waals surface area contributed by atoms with Crippen molar-refractivity contribution in [3.8, 4) is 34.5 Å². The van der Waals surface area contributed by atoms with E-state index >= 15 is 0 Å². The van der Waals surface area contributed by atoms with E-state index in [9.17, 15) is 69.6 Å². The summed E-state index contributed by atoms with van der Waals surface area (Å²) >= 11 is 0. The summed E-state index contributed by atoms with van der Waals surface area (Å²) in [7, 11) is 2.60. The molecule has 6 aliphatic rings. The molecule has 12 unspecified atom stereocenters. The maximum atomic E-state index is 14.2. The number of fused-ring (bicyclic) bond motifs is 6. The predicted octanol–water partition coefficient (Wildman–Crippen LogP) is 1.66. The van der Waals surface area contributed by atoms with Crippen molar-refractivity contribution in [2.45, 2.75) is 152 Å². The van der Waals surface area contributed by atoms with Gasteiger partial charge in [-0.15, -0.1) is 0 Å². The lowest BCUT2D eigenvalue weighted by atomic mass is 9.71. The summed E-state index contributed by atoms with van der Waals surface area (Å²) in [6.45, 7) is 5.82. The van der Waals surface area contributed by atoms with Gasteiger partial charge in [-0.1, -0.05) is 24.3 Å². The Bertz CT molecular complexity index is 3280. The number of carbonyl (C=O) groups is 6. The molecule has 2 fully saturated rings. The number of ketones is 4. The summed E-state index contributed by atoms with van der Waals surface area (Å²) < 4.78 is 35.2. The van der Waals surface area contributed by atoms with Crippen molar-refractivity contribution in [1.29, 1.82) is 0 Å². The highest BCUT2D eigenvalue weighted by Gasteiger charge is 2.51. The lowest BCUT2D eigenvalue weighted by molar-refractivity contribution is -0.246. The fourth-order valence-electron chi connectivity index (χ4n) is 12.2. The van der Waals surface area contributed by atoms with Crippen molar-refractivity contribution in [2.75, 3.05) is 14.2 Å². The fourth-order valence-corrected chi connectivity index (χ4v) is 12.2. The highest BCUT2D eigenvalue weighted by molar-refractivity contribution is 6.32. The first-order valence-electron chi connectivity index (χ1n) is 27.1. The average Bonchev–Trinajstić information content (AvgIpc) is 1.31. The van der Waals surface area contributed by atoms with Gasteiger partial charge >= 0.3 is 0 Å². The first-order valence-corrected chi connectivity index (χ1v) is 27.1. The summed E-state index contributed by atoms with van der Waals surface area (Å²) in [6, 6.07) is 6.96. The second kappa shape index (κ2) is 22.3. The number of nitrogens with one attached hydrogen (secondary N) is 2. The Hall–Kier alpha value is -7.76. The number of methoxy groups -OCH3 is 2. The van der Waals surface area contributed by atoms with Crippen LogP contribution in [0.1, 0.15) is 164 Å². The van der Waals surface area contributed by atoms with Crippen molar-refractivity contribution in [2.24, 2.45) is 21.7 Å². The molecule has 0 aromatic heterocycles. The number of carbonyl (C=O) groups excluding carboxylic acids is 6. The number of ether oxygens (including phenoxy) is 6. The van der Waals surface area contributed by atoms with Crippen LogP contribution in [0.15, 0.2) is 46.6 Å². The molecule has 84 heavy (non-hydrogen) atoms. The highest BCUT2D eigenvalue weighted by atomic mass is 16.7. The first kappa shape index (κ1) is 59.4. The molecule has 4 aliphatic carbocycles. The first-order chi connectivity index (χ1) is 39.7.